The molecule has 0 atom stereocenters. The van der Waals surface area contributed by atoms with Gasteiger partial charge in [-0.1, -0.05) is 6.07 Å². The first-order chi connectivity index (χ1) is 19.8. The molecule has 3 aliphatic rings. The lowest BCUT2D eigenvalue weighted by atomic mass is 10.1. The Kier molecular flexibility index (Phi) is 8.70. The van der Waals surface area contributed by atoms with E-state index in [1.165, 1.54) is 22.5 Å². The maximum absolute atomic E-state index is 13.3. The molecule has 216 valence electrons. The van der Waals surface area contributed by atoms with Gasteiger partial charge in [0.1, 0.15) is 11.6 Å². The molecule has 3 heterocycles. The fraction of sp³-hybridized carbons (Fsp3) is 0.370. The van der Waals surface area contributed by atoms with Crippen LogP contribution in [0, 0.1) is 11.3 Å². The third-order valence-corrected chi connectivity index (χ3v) is 8.48. The van der Waals surface area contributed by atoms with Crippen molar-refractivity contribution in [2.45, 2.75) is 4.90 Å². The minimum atomic E-state index is -3.83. The van der Waals surface area contributed by atoms with Gasteiger partial charge in [0.05, 0.1) is 42.7 Å². The first kappa shape index (κ1) is 28.4. The molecule has 2 saturated heterocycles. The van der Waals surface area contributed by atoms with Gasteiger partial charge >= 0.3 is 5.97 Å². The smallest absolute Gasteiger partial charge is 0.349 e. The maximum atomic E-state index is 13.3. The van der Waals surface area contributed by atoms with Gasteiger partial charge in [-0.15, -0.1) is 0 Å². The second kappa shape index (κ2) is 12.6. The van der Waals surface area contributed by atoms with Crippen LogP contribution in [0.3, 0.4) is 0 Å². The van der Waals surface area contributed by atoms with E-state index in [0.29, 0.717) is 62.3 Å². The number of hydrogen-bond acceptors (Lipinski definition) is 11. The number of nitrogens with zero attached hydrogens (tertiary/aromatic N) is 3. The average Bonchev–Trinajstić information content (AvgIpc) is 3.47. The highest BCUT2D eigenvalue weighted by molar-refractivity contribution is 7.89. The van der Waals surface area contributed by atoms with Gasteiger partial charge in [0.25, 0.3) is 5.91 Å². The summed E-state index contributed by atoms with van der Waals surface area (Å²) in [4.78, 5) is 27.4. The molecule has 5 rings (SSSR count). The first-order valence-electron chi connectivity index (χ1n) is 12.9. The van der Waals surface area contributed by atoms with Crippen molar-refractivity contribution in [3.8, 4) is 17.6 Å². The Hall–Kier alpha value is -4.16. The fourth-order valence-electron chi connectivity index (χ4n) is 4.49. The van der Waals surface area contributed by atoms with E-state index < -0.39 is 28.5 Å². The van der Waals surface area contributed by atoms with Gasteiger partial charge in [0, 0.05) is 26.2 Å². The Labute approximate surface area is 236 Å². The molecule has 14 heteroatoms. The van der Waals surface area contributed by atoms with Gasteiger partial charge in [-0.05, 0) is 42.0 Å². The standard InChI is InChI=1S/C27H28N4O9S/c28-16-20(13-19-1-4-24-25(14-19)40-18-39-24)27(33)38-17-26(32)29-22-15-21(41(34,35)31-7-11-37-12-8-31)2-3-23(22)30-5-9-36-10-6-30/h1-4,13-15H,5-12,17-18H2,(H,29,32)/b20-13-. The van der Waals surface area contributed by atoms with Crippen molar-refractivity contribution in [2.75, 3.05) is 76.2 Å². The summed E-state index contributed by atoms with van der Waals surface area (Å²) in [5, 5.41) is 12.2. The van der Waals surface area contributed by atoms with Crippen molar-refractivity contribution in [3.05, 3.63) is 47.5 Å². The third-order valence-electron chi connectivity index (χ3n) is 6.58. The van der Waals surface area contributed by atoms with Crippen LogP contribution in [0.5, 0.6) is 11.5 Å². The van der Waals surface area contributed by atoms with Crippen molar-refractivity contribution in [1.82, 2.24) is 4.31 Å². The number of esters is 1. The Morgan fingerprint density at radius 1 is 0.976 bits per heavy atom. The van der Waals surface area contributed by atoms with Crippen molar-refractivity contribution < 1.29 is 41.7 Å². The van der Waals surface area contributed by atoms with Crippen LogP contribution in [-0.2, 0) is 33.8 Å². The maximum Gasteiger partial charge on any atom is 0.349 e. The van der Waals surface area contributed by atoms with E-state index in [1.807, 2.05) is 4.90 Å². The monoisotopic (exact) mass is 584 g/mol. The van der Waals surface area contributed by atoms with Crippen molar-refractivity contribution in [2.24, 2.45) is 0 Å². The number of carbonyl (C=O) groups is 2. The second-order valence-electron chi connectivity index (χ2n) is 9.20. The molecule has 0 saturated carbocycles. The van der Waals surface area contributed by atoms with Crippen LogP contribution < -0.4 is 19.7 Å². The summed E-state index contributed by atoms with van der Waals surface area (Å²) in [7, 11) is -3.83. The van der Waals surface area contributed by atoms with Gasteiger partial charge in [-0.3, -0.25) is 4.79 Å². The van der Waals surface area contributed by atoms with Gasteiger partial charge in [0.15, 0.2) is 18.1 Å². The minimum absolute atomic E-state index is 0.0159. The van der Waals surface area contributed by atoms with Gasteiger partial charge < -0.3 is 33.9 Å². The summed E-state index contributed by atoms with van der Waals surface area (Å²) < 4.78 is 54.2. The number of nitriles is 1. The largest absolute Gasteiger partial charge is 0.454 e. The Morgan fingerprint density at radius 3 is 2.41 bits per heavy atom. The SMILES string of the molecule is N#C/C(=C/c1ccc2c(c1)OCO2)C(=O)OCC(=O)Nc1cc(S(=O)(=O)N2CCOCC2)ccc1N1CCOCC1. The number of carbonyl (C=O) groups excluding carboxylic acids is 2. The second-order valence-corrected chi connectivity index (χ2v) is 11.1. The zero-order valence-corrected chi connectivity index (χ0v) is 22.9. The molecule has 0 unspecified atom stereocenters. The normalized spacial score (nSPS) is 17.5. The van der Waals surface area contributed by atoms with Gasteiger partial charge in [0.2, 0.25) is 16.8 Å². The van der Waals surface area contributed by atoms with Crippen LogP contribution in [0.25, 0.3) is 6.08 Å². The highest BCUT2D eigenvalue weighted by atomic mass is 32.2. The van der Waals surface area contributed by atoms with Crippen LogP contribution in [-0.4, -0.2) is 90.6 Å². The van der Waals surface area contributed by atoms with E-state index in [2.05, 4.69) is 5.32 Å². The molecule has 2 aromatic carbocycles. The Morgan fingerprint density at radius 2 is 1.68 bits per heavy atom. The van der Waals surface area contributed by atoms with Crippen LogP contribution in [0.4, 0.5) is 11.4 Å². The first-order valence-corrected chi connectivity index (χ1v) is 14.3. The summed E-state index contributed by atoms with van der Waals surface area (Å²) >= 11 is 0. The summed E-state index contributed by atoms with van der Waals surface area (Å²) in [5.74, 6) is -0.651. The molecule has 13 nitrogen and oxygen atoms in total. The molecule has 1 N–H and O–H groups in total. The minimum Gasteiger partial charge on any atom is -0.454 e. The van der Waals surface area contributed by atoms with Crippen molar-refractivity contribution >= 4 is 39.4 Å². The quantitative estimate of drug-likeness (QED) is 0.271. The predicted molar refractivity (Wildman–Crippen MR) is 145 cm³/mol. The van der Waals surface area contributed by atoms with E-state index in [0.717, 1.165) is 0 Å². The molecule has 0 radical (unpaired) electrons. The highest BCUT2D eigenvalue weighted by Gasteiger charge is 2.28. The molecular weight excluding hydrogens is 556 g/mol. The number of ether oxygens (including phenoxy) is 5. The lowest BCUT2D eigenvalue weighted by molar-refractivity contribution is -0.142. The molecule has 2 fully saturated rings. The number of hydrogen-bond donors (Lipinski definition) is 1. The van der Waals surface area contributed by atoms with Gasteiger partial charge in [-0.25, -0.2) is 13.2 Å². The third kappa shape index (κ3) is 6.60. The predicted octanol–water partition coefficient (Wildman–Crippen LogP) is 1.36. The molecule has 0 aliphatic carbocycles. The Balaban J connectivity index is 1.30. The van der Waals surface area contributed by atoms with Crippen LogP contribution in [0.1, 0.15) is 5.56 Å². The van der Waals surface area contributed by atoms with Crippen molar-refractivity contribution in [1.29, 1.82) is 5.26 Å². The lowest BCUT2D eigenvalue weighted by Crippen LogP contribution is -2.40. The molecule has 3 aliphatic heterocycles. The summed E-state index contributed by atoms with van der Waals surface area (Å²) in [6.07, 6.45) is 1.32. The van der Waals surface area contributed by atoms with Crippen molar-refractivity contribution in [3.63, 3.8) is 0 Å². The molecule has 0 spiro atoms. The lowest BCUT2D eigenvalue weighted by Gasteiger charge is -2.31. The number of benzene rings is 2. The molecule has 41 heavy (non-hydrogen) atoms. The van der Waals surface area contributed by atoms with Crippen LogP contribution >= 0.6 is 0 Å². The number of nitrogens with one attached hydrogen (secondary N) is 1. The van der Waals surface area contributed by atoms with Crippen LogP contribution in [0.2, 0.25) is 0 Å². The number of rotatable bonds is 8. The number of sulfonamides is 1. The molecule has 0 aromatic heterocycles. The number of amides is 1. The number of anilines is 2. The summed E-state index contributed by atoms with van der Waals surface area (Å²) in [6.45, 7) is 2.49. The van der Waals surface area contributed by atoms with E-state index in [1.54, 1.807) is 30.3 Å². The fourth-order valence-corrected chi connectivity index (χ4v) is 5.93. The summed E-state index contributed by atoms with van der Waals surface area (Å²) in [5.41, 5.74) is 1.05. The van der Waals surface area contributed by atoms with E-state index in [-0.39, 0.29) is 36.0 Å². The summed E-state index contributed by atoms with van der Waals surface area (Å²) in [6, 6.07) is 11.2. The number of fused-ring (bicyclic) bond motifs is 1. The molecule has 2 aromatic rings. The van der Waals surface area contributed by atoms with E-state index in [9.17, 15) is 23.3 Å². The average molecular weight is 585 g/mol. The molecule has 1 amide bonds. The molecule has 0 bridgehead atoms. The topological polar surface area (TPSA) is 157 Å². The number of morpholine rings is 2. The van der Waals surface area contributed by atoms with E-state index >= 15 is 0 Å². The zero-order chi connectivity index (χ0) is 28.8. The molecular formula is C27H28N4O9S. The van der Waals surface area contributed by atoms with Crippen LogP contribution in [0.15, 0.2) is 46.9 Å². The zero-order valence-electron chi connectivity index (χ0n) is 22.0. The Bertz CT molecular complexity index is 1490. The van der Waals surface area contributed by atoms with Gasteiger partial charge in [-0.2, -0.15) is 9.57 Å². The van der Waals surface area contributed by atoms with E-state index in [4.69, 9.17) is 23.7 Å². The highest BCUT2D eigenvalue weighted by Crippen LogP contribution is 2.33.